The number of nitrogens with zero attached hydrogens (tertiary/aromatic N) is 1. The maximum absolute atomic E-state index is 5.97. The van der Waals surface area contributed by atoms with Gasteiger partial charge in [0.25, 0.3) is 0 Å². The van der Waals surface area contributed by atoms with Crippen molar-refractivity contribution in [2.45, 2.75) is 63.6 Å². The van der Waals surface area contributed by atoms with Gasteiger partial charge in [-0.2, -0.15) is 0 Å². The predicted octanol–water partition coefficient (Wildman–Crippen LogP) is 2.00. The zero-order valence-electron chi connectivity index (χ0n) is 11.4. The van der Waals surface area contributed by atoms with Crippen LogP contribution in [0.4, 0.5) is 0 Å². The molecule has 0 aromatic rings. The van der Waals surface area contributed by atoms with E-state index in [4.69, 9.17) is 10.5 Å². The van der Waals surface area contributed by atoms with E-state index in [9.17, 15) is 0 Å². The van der Waals surface area contributed by atoms with Crippen molar-refractivity contribution in [3.8, 4) is 0 Å². The standard InChI is InChI=1S/C14H28N2O/c1-11-7-8-16(12(9-11)10-15)13-5-3-4-6-14(13)17-2/h11-14H,3-10,15H2,1-2H3. The Balaban J connectivity index is 2.02. The van der Waals surface area contributed by atoms with Gasteiger partial charge in [0.1, 0.15) is 0 Å². The largest absolute Gasteiger partial charge is 0.380 e. The molecule has 0 radical (unpaired) electrons. The smallest absolute Gasteiger partial charge is 0.0726 e. The quantitative estimate of drug-likeness (QED) is 0.820. The summed E-state index contributed by atoms with van der Waals surface area (Å²) in [7, 11) is 1.87. The van der Waals surface area contributed by atoms with Crippen LogP contribution in [0.25, 0.3) is 0 Å². The Morgan fingerprint density at radius 3 is 2.71 bits per heavy atom. The van der Waals surface area contributed by atoms with Crippen LogP contribution < -0.4 is 5.73 Å². The van der Waals surface area contributed by atoms with Crippen LogP contribution in [0.2, 0.25) is 0 Å². The molecule has 0 aromatic carbocycles. The van der Waals surface area contributed by atoms with Gasteiger partial charge in [-0.1, -0.05) is 19.8 Å². The number of nitrogens with two attached hydrogens (primary N) is 1. The molecular weight excluding hydrogens is 212 g/mol. The van der Waals surface area contributed by atoms with Gasteiger partial charge in [-0.25, -0.2) is 0 Å². The summed E-state index contributed by atoms with van der Waals surface area (Å²) in [6.07, 6.45) is 8.23. The highest BCUT2D eigenvalue weighted by Gasteiger charge is 2.36. The summed E-state index contributed by atoms with van der Waals surface area (Å²) in [5.41, 5.74) is 5.97. The molecule has 0 bridgehead atoms. The number of likely N-dealkylation sites (tertiary alicyclic amines) is 1. The van der Waals surface area contributed by atoms with E-state index in [2.05, 4.69) is 11.8 Å². The van der Waals surface area contributed by atoms with Gasteiger partial charge in [-0.15, -0.1) is 0 Å². The van der Waals surface area contributed by atoms with Crippen LogP contribution in [0.1, 0.15) is 45.4 Å². The van der Waals surface area contributed by atoms with E-state index >= 15 is 0 Å². The molecule has 1 aliphatic heterocycles. The van der Waals surface area contributed by atoms with Gasteiger partial charge < -0.3 is 10.5 Å². The third kappa shape index (κ3) is 3.01. The number of piperidine rings is 1. The summed E-state index contributed by atoms with van der Waals surface area (Å²) in [4.78, 5) is 2.66. The molecule has 0 aromatic heterocycles. The molecule has 2 rings (SSSR count). The van der Waals surface area contributed by atoms with Crippen LogP contribution in [-0.2, 0) is 4.74 Å². The number of rotatable bonds is 3. The summed E-state index contributed by atoms with van der Waals surface area (Å²) in [6.45, 7) is 4.37. The lowest BCUT2D eigenvalue weighted by Crippen LogP contribution is -2.56. The van der Waals surface area contributed by atoms with E-state index in [0.717, 1.165) is 12.5 Å². The summed E-state index contributed by atoms with van der Waals surface area (Å²) < 4.78 is 5.69. The van der Waals surface area contributed by atoms with Gasteiger partial charge in [-0.3, -0.25) is 4.90 Å². The second kappa shape index (κ2) is 6.17. The fraction of sp³-hybridized carbons (Fsp3) is 1.00. The second-order valence-electron chi connectivity index (χ2n) is 5.88. The van der Waals surface area contributed by atoms with Crippen molar-refractivity contribution in [2.24, 2.45) is 11.7 Å². The maximum Gasteiger partial charge on any atom is 0.0726 e. The average molecular weight is 240 g/mol. The van der Waals surface area contributed by atoms with Gasteiger partial charge in [0.05, 0.1) is 6.10 Å². The third-order valence-electron chi connectivity index (χ3n) is 4.69. The molecule has 4 atom stereocenters. The first kappa shape index (κ1) is 13.3. The van der Waals surface area contributed by atoms with Gasteiger partial charge in [0.15, 0.2) is 0 Å². The molecule has 17 heavy (non-hydrogen) atoms. The normalized spacial score (nSPS) is 40.4. The SMILES string of the molecule is COC1CCCCC1N1CCC(C)CC1CN. The third-order valence-corrected chi connectivity index (χ3v) is 4.69. The molecule has 2 aliphatic rings. The zero-order valence-corrected chi connectivity index (χ0v) is 11.4. The minimum atomic E-state index is 0.436. The zero-order chi connectivity index (χ0) is 12.3. The predicted molar refractivity (Wildman–Crippen MR) is 71.0 cm³/mol. The van der Waals surface area contributed by atoms with E-state index < -0.39 is 0 Å². The molecule has 3 nitrogen and oxygen atoms in total. The monoisotopic (exact) mass is 240 g/mol. The van der Waals surface area contributed by atoms with E-state index in [1.165, 1.54) is 45.1 Å². The first-order chi connectivity index (χ1) is 8.26. The maximum atomic E-state index is 5.97. The van der Waals surface area contributed by atoms with Crippen molar-refractivity contribution in [1.82, 2.24) is 4.90 Å². The highest BCUT2D eigenvalue weighted by Crippen LogP contribution is 2.31. The Hall–Kier alpha value is -0.120. The fourth-order valence-corrected chi connectivity index (χ4v) is 3.67. The van der Waals surface area contributed by atoms with Crippen LogP contribution in [0.5, 0.6) is 0 Å². The van der Waals surface area contributed by atoms with E-state index in [1.807, 2.05) is 7.11 Å². The molecule has 2 fully saturated rings. The van der Waals surface area contributed by atoms with Gasteiger partial charge >= 0.3 is 0 Å². The number of hydrogen-bond acceptors (Lipinski definition) is 3. The summed E-state index contributed by atoms with van der Waals surface area (Å²) >= 11 is 0. The van der Waals surface area contributed by atoms with Gasteiger partial charge in [0.2, 0.25) is 0 Å². The molecule has 2 N–H and O–H groups in total. The van der Waals surface area contributed by atoms with Crippen molar-refractivity contribution < 1.29 is 4.74 Å². The fourth-order valence-electron chi connectivity index (χ4n) is 3.67. The van der Waals surface area contributed by atoms with Crippen molar-refractivity contribution in [3.63, 3.8) is 0 Å². The van der Waals surface area contributed by atoms with Crippen LogP contribution >= 0.6 is 0 Å². The lowest BCUT2D eigenvalue weighted by Gasteiger charge is -2.46. The number of hydrogen-bond donors (Lipinski definition) is 1. The summed E-state index contributed by atoms with van der Waals surface area (Å²) in [5, 5.41) is 0. The summed E-state index contributed by atoms with van der Waals surface area (Å²) in [6, 6.07) is 1.20. The Labute approximate surface area is 106 Å². The molecule has 4 unspecified atom stereocenters. The number of methoxy groups -OCH3 is 1. The van der Waals surface area contributed by atoms with Crippen LogP contribution in [0, 0.1) is 5.92 Å². The minimum Gasteiger partial charge on any atom is -0.380 e. The first-order valence-corrected chi connectivity index (χ1v) is 7.24. The van der Waals surface area contributed by atoms with Crippen LogP contribution in [-0.4, -0.2) is 43.3 Å². The summed E-state index contributed by atoms with van der Waals surface area (Å²) in [5.74, 6) is 0.837. The van der Waals surface area contributed by atoms with E-state index in [0.29, 0.717) is 18.2 Å². The molecule has 1 heterocycles. The first-order valence-electron chi connectivity index (χ1n) is 7.24. The minimum absolute atomic E-state index is 0.436. The molecule has 1 saturated carbocycles. The Morgan fingerprint density at radius 1 is 1.24 bits per heavy atom. The van der Waals surface area contributed by atoms with Crippen molar-refractivity contribution in [1.29, 1.82) is 0 Å². The van der Waals surface area contributed by atoms with Crippen LogP contribution in [0.3, 0.4) is 0 Å². The molecule has 3 heteroatoms. The van der Waals surface area contributed by atoms with Crippen molar-refractivity contribution in [3.05, 3.63) is 0 Å². The van der Waals surface area contributed by atoms with Crippen LogP contribution in [0.15, 0.2) is 0 Å². The van der Waals surface area contributed by atoms with E-state index in [1.54, 1.807) is 0 Å². The Morgan fingerprint density at radius 2 is 2.00 bits per heavy atom. The van der Waals surface area contributed by atoms with Crippen molar-refractivity contribution in [2.75, 3.05) is 20.2 Å². The van der Waals surface area contributed by atoms with E-state index in [-0.39, 0.29) is 0 Å². The lowest BCUT2D eigenvalue weighted by molar-refractivity contribution is -0.0413. The highest BCUT2D eigenvalue weighted by molar-refractivity contribution is 4.91. The van der Waals surface area contributed by atoms with Crippen molar-refractivity contribution >= 4 is 0 Å². The molecule has 0 spiro atoms. The number of ether oxygens (including phenoxy) is 1. The van der Waals surface area contributed by atoms with Gasteiger partial charge in [0, 0.05) is 25.7 Å². The van der Waals surface area contributed by atoms with Gasteiger partial charge in [-0.05, 0) is 38.1 Å². The highest BCUT2D eigenvalue weighted by atomic mass is 16.5. The molecule has 100 valence electrons. The second-order valence-corrected chi connectivity index (χ2v) is 5.88. The molecule has 1 aliphatic carbocycles. The molecule has 0 amide bonds. The average Bonchev–Trinajstić information content (AvgIpc) is 2.38. The molecule has 1 saturated heterocycles. The Bertz CT molecular complexity index is 234. The Kier molecular flexibility index (Phi) is 4.83. The topological polar surface area (TPSA) is 38.5 Å². The molecular formula is C14H28N2O. The lowest BCUT2D eigenvalue weighted by atomic mass is 9.85.